The molecule has 0 atom stereocenters. The van der Waals surface area contributed by atoms with Crippen molar-refractivity contribution >= 4 is 17.3 Å². The zero-order valence-corrected chi connectivity index (χ0v) is 6.99. The van der Waals surface area contributed by atoms with E-state index in [4.69, 9.17) is 5.11 Å². The molecule has 0 saturated carbocycles. The fourth-order valence-electron chi connectivity index (χ4n) is 0.818. The molecule has 0 radical (unpaired) electrons. The minimum atomic E-state index is -2.59. The largest absolute Gasteiger partial charge is 0.477 e. The van der Waals surface area contributed by atoms with Crippen LogP contribution in [0.15, 0.2) is 6.07 Å². The minimum absolute atomic E-state index is 0.0391. The first-order chi connectivity index (χ1) is 5.52. The van der Waals surface area contributed by atoms with Gasteiger partial charge in [-0.15, -0.1) is 11.3 Å². The molecule has 5 heteroatoms. The van der Waals surface area contributed by atoms with Crippen molar-refractivity contribution in [2.24, 2.45) is 0 Å². The van der Waals surface area contributed by atoms with Gasteiger partial charge in [-0.25, -0.2) is 13.6 Å². The van der Waals surface area contributed by atoms with E-state index >= 15 is 0 Å². The van der Waals surface area contributed by atoms with Gasteiger partial charge in [0.2, 0.25) is 0 Å². The van der Waals surface area contributed by atoms with Gasteiger partial charge in [0.25, 0.3) is 6.43 Å². The fraction of sp³-hybridized carbons (Fsp3) is 0.286. The highest BCUT2D eigenvalue weighted by molar-refractivity contribution is 7.14. The number of carboxylic acids is 1. The molecule has 0 aliphatic heterocycles. The van der Waals surface area contributed by atoms with E-state index in [-0.39, 0.29) is 10.4 Å². The molecule has 0 aliphatic rings. The van der Waals surface area contributed by atoms with E-state index < -0.39 is 12.4 Å². The number of rotatable bonds is 2. The Labute approximate surface area is 71.5 Å². The molecule has 0 unspecified atom stereocenters. The lowest BCUT2D eigenvalue weighted by Crippen LogP contribution is -1.90. The number of alkyl halides is 2. The van der Waals surface area contributed by atoms with Gasteiger partial charge in [-0.3, -0.25) is 0 Å². The number of carboxylic acid groups (broad SMARTS) is 1. The van der Waals surface area contributed by atoms with Gasteiger partial charge in [-0.2, -0.15) is 0 Å². The first-order valence-electron chi connectivity index (χ1n) is 3.14. The standard InChI is InChI=1S/C7H6F2O2S/c1-3-4(6(8)9)2-5(12-3)7(10)11/h2,6H,1H3,(H,10,11). The summed E-state index contributed by atoms with van der Waals surface area (Å²) in [7, 11) is 0. The van der Waals surface area contributed by atoms with Gasteiger partial charge in [-0.05, 0) is 13.0 Å². The lowest BCUT2D eigenvalue weighted by atomic mass is 10.2. The molecule has 0 aromatic carbocycles. The zero-order valence-electron chi connectivity index (χ0n) is 6.17. The number of aryl methyl sites for hydroxylation is 1. The van der Waals surface area contributed by atoms with E-state index in [2.05, 4.69) is 0 Å². The van der Waals surface area contributed by atoms with Crippen LogP contribution in [0.3, 0.4) is 0 Å². The van der Waals surface area contributed by atoms with E-state index in [0.29, 0.717) is 4.88 Å². The monoisotopic (exact) mass is 192 g/mol. The molecule has 0 aliphatic carbocycles. The Hall–Kier alpha value is -0.970. The van der Waals surface area contributed by atoms with Crippen molar-refractivity contribution in [2.45, 2.75) is 13.3 Å². The van der Waals surface area contributed by atoms with Gasteiger partial charge in [0.05, 0.1) is 0 Å². The topological polar surface area (TPSA) is 37.3 Å². The second-order valence-electron chi connectivity index (χ2n) is 2.23. The first kappa shape index (κ1) is 9.12. The minimum Gasteiger partial charge on any atom is -0.477 e. The molecule has 1 aromatic heterocycles. The molecule has 0 spiro atoms. The Kier molecular flexibility index (Phi) is 2.42. The number of hydrogen-bond donors (Lipinski definition) is 1. The van der Waals surface area contributed by atoms with E-state index in [1.54, 1.807) is 0 Å². The van der Waals surface area contributed by atoms with Crippen molar-refractivity contribution < 1.29 is 18.7 Å². The predicted molar refractivity (Wildman–Crippen MR) is 41.0 cm³/mol. The summed E-state index contributed by atoms with van der Waals surface area (Å²) in [5.41, 5.74) is -0.183. The number of carbonyl (C=O) groups is 1. The fourth-order valence-corrected chi connectivity index (χ4v) is 1.69. The van der Waals surface area contributed by atoms with Crippen molar-refractivity contribution in [1.82, 2.24) is 0 Å². The molecule has 0 fully saturated rings. The Morgan fingerprint density at radius 3 is 2.50 bits per heavy atom. The van der Waals surface area contributed by atoms with Gasteiger partial charge in [0.15, 0.2) is 0 Å². The summed E-state index contributed by atoms with van der Waals surface area (Å²) in [6.07, 6.45) is -2.59. The molecule has 12 heavy (non-hydrogen) atoms. The van der Waals surface area contributed by atoms with Crippen LogP contribution in [-0.4, -0.2) is 11.1 Å². The Morgan fingerprint density at radius 2 is 2.25 bits per heavy atom. The van der Waals surface area contributed by atoms with E-state index in [0.717, 1.165) is 17.4 Å². The molecular formula is C7H6F2O2S. The smallest absolute Gasteiger partial charge is 0.345 e. The molecule has 66 valence electrons. The third kappa shape index (κ3) is 1.61. The quantitative estimate of drug-likeness (QED) is 0.782. The van der Waals surface area contributed by atoms with Crippen molar-refractivity contribution in [3.8, 4) is 0 Å². The van der Waals surface area contributed by atoms with Crippen molar-refractivity contribution in [3.05, 3.63) is 21.4 Å². The SMILES string of the molecule is Cc1sc(C(=O)O)cc1C(F)F. The van der Waals surface area contributed by atoms with Gasteiger partial charge in [-0.1, -0.05) is 0 Å². The molecule has 1 heterocycles. The number of hydrogen-bond acceptors (Lipinski definition) is 2. The Morgan fingerprint density at radius 1 is 1.67 bits per heavy atom. The first-order valence-corrected chi connectivity index (χ1v) is 3.95. The van der Waals surface area contributed by atoms with Gasteiger partial charge < -0.3 is 5.11 Å². The molecule has 0 amide bonds. The van der Waals surface area contributed by atoms with E-state index in [9.17, 15) is 13.6 Å². The van der Waals surface area contributed by atoms with Crippen LogP contribution in [0, 0.1) is 6.92 Å². The molecule has 1 N–H and O–H groups in total. The normalized spacial score (nSPS) is 10.7. The maximum absolute atomic E-state index is 12.1. The number of aromatic carboxylic acids is 1. The lowest BCUT2D eigenvalue weighted by Gasteiger charge is -1.93. The maximum atomic E-state index is 12.1. The van der Waals surface area contributed by atoms with Crippen molar-refractivity contribution in [2.75, 3.05) is 0 Å². The molecular weight excluding hydrogens is 186 g/mol. The summed E-state index contributed by atoms with van der Waals surface area (Å²) in [6, 6.07) is 1.02. The molecule has 2 nitrogen and oxygen atoms in total. The van der Waals surface area contributed by atoms with Crippen LogP contribution in [0.25, 0.3) is 0 Å². The summed E-state index contributed by atoms with van der Waals surface area (Å²) in [6.45, 7) is 1.48. The van der Waals surface area contributed by atoms with E-state index in [1.807, 2.05) is 0 Å². The van der Waals surface area contributed by atoms with Crippen LogP contribution in [-0.2, 0) is 0 Å². The average Bonchev–Trinajstić information content (AvgIpc) is 2.30. The summed E-state index contributed by atoms with van der Waals surface area (Å²) in [4.78, 5) is 10.7. The molecule has 0 bridgehead atoms. The van der Waals surface area contributed by atoms with Gasteiger partial charge in [0.1, 0.15) is 4.88 Å². The van der Waals surface area contributed by atoms with Crippen LogP contribution < -0.4 is 0 Å². The Balaban J connectivity index is 3.09. The predicted octanol–water partition coefficient (Wildman–Crippen LogP) is 2.69. The third-order valence-electron chi connectivity index (χ3n) is 1.40. The summed E-state index contributed by atoms with van der Waals surface area (Å²) < 4.78 is 24.2. The summed E-state index contributed by atoms with van der Waals surface area (Å²) in [5.74, 6) is -1.16. The van der Waals surface area contributed by atoms with E-state index in [1.165, 1.54) is 6.92 Å². The van der Waals surface area contributed by atoms with Crippen LogP contribution in [0.4, 0.5) is 8.78 Å². The molecule has 1 rings (SSSR count). The summed E-state index contributed by atoms with van der Waals surface area (Å²) >= 11 is 0.871. The second-order valence-corrected chi connectivity index (χ2v) is 3.48. The average molecular weight is 192 g/mol. The number of halogens is 2. The van der Waals surface area contributed by atoms with Crippen LogP contribution in [0.1, 0.15) is 26.5 Å². The zero-order chi connectivity index (χ0) is 9.30. The van der Waals surface area contributed by atoms with Crippen LogP contribution >= 0.6 is 11.3 Å². The van der Waals surface area contributed by atoms with Gasteiger partial charge >= 0.3 is 5.97 Å². The summed E-state index contributed by atoms with van der Waals surface area (Å²) in [5, 5.41) is 8.47. The van der Waals surface area contributed by atoms with Crippen molar-refractivity contribution in [1.29, 1.82) is 0 Å². The maximum Gasteiger partial charge on any atom is 0.345 e. The van der Waals surface area contributed by atoms with Crippen LogP contribution in [0.2, 0.25) is 0 Å². The highest BCUT2D eigenvalue weighted by Crippen LogP contribution is 2.29. The highest BCUT2D eigenvalue weighted by Gasteiger charge is 2.17. The third-order valence-corrected chi connectivity index (χ3v) is 2.46. The van der Waals surface area contributed by atoms with Gasteiger partial charge in [0, 0.05) is 10.4 Å². The molecule has 0 saturated heterocycles. The van der Waals surface area contributed by atoms with Crippen molar-refractivity contribution in [3.63, 3.8) is 0 Å². The highest BCUT2D eigenvalue weighted by atomic mass is 32.1. The molecule has 1 aromatic rings. The number of thiophene rings is 1. The van der Waals surface area contributed by atoms with Crippen LogP contribution in [0.5, 0.6) is 0 Å². The Bertz CT molecular complexity index is 306. The second kappa shape index (κ2) is 3.18. The lowest BCUT2D eigenvalue weighted by molar-refractivity contribution is 0.0702.